The molecule has 2 aromatic carbocycles. The Morgan fingerprint density at radius 2 is 1.83 bits per heavy atom. The third-order valence-electron chi connectivity index (χ3n) is 2.75. The van der Waals surface area contributed by atoms with Crippen LogP contribution in [0.1, 0.15) is 0 Å². The van der Waals surface area contributed by atoms with E-state index in [1.807, 2.05) is 0 Å². The van der Waals surface area contributed by atoms with Crippen LogP contribution in [0.4, 0.5) is 0 Å². The first-order chi connectivity index (χ1) is 8.58. The van der Waals surface area contributed by atoms with E-state index >= 15 is 0 Å². The van der Waals surface area contributed by atoms with Crippen molar-refractivity contribution in [3.63, 3.8) is 0 Å². The lowest BCUT2D eigenvalue weighted by Gasteiger charge is -2.04. The number of aromatic hydroxyl groups is 2. The number of benzene rings is 2. The Balaban J connectivity index is 2.61. The largest absolute Gasteiger partial charge is 0.504 e. The van der Waals surface area contributed by atoms with Crippen LogP contribution < -0.4 is 5.43 Å². The van der Waals surface area contributed by atoms with Gasteiger partial charge in [-0.15, -0.1) is 0 Å². The highest BCUT2D eigenvalue weighted by Crippen LogP contribution is 2.34. The second-order valence-electron chi connectivity index (χ2n) is 3.88. The molecule has 0 atom stereocenters. The molecule has 5 heteroatoms. The smallest absolute Gasteiger partial charge is 0.201 e. The maximum atomic E-state index is 12.2. The SMILES string of the molecule is O=c1c2cc(Br)ccc2oc2c(O)c(O)ccc12. The molecule has 0 spiro atoms. The van der Waals surface area contributed by atoms with E-state index in [2.05, 4.69) is 15.9 Å². The molecule has 0 aliphatic heterocycles. The summed E-state index contributed by atoms with van der Waals surface area (Å²) >= 11 is 3.29. The van der Waals surface area contributed by atoms with E-state index in [9.17, 15) is 15.0 Å². The van der Waals surface area contributed by atoms with Gasteiger partial charge in [-0.25, -0.2) is 0 Å². The quantitative estimate of drug-likeness (QED) is 0.494. The Kier molecular flexibility index (Phi) is 2.31. The summed E-state index contributed by atoms with van der Waals surface area (Å²) in [4.78, 5) is 12.2. The number of hydrogen-bond acceptors (Lipinski definition) is 4. The Bertz CT molecular complexity index is 836. The van der Waals surface area contributed by atoms with Gasteiger partial charge in [0.15, 0.2) is 11.3 Å². The first kappa shape index (κ1) is 11.1. The second kappa shape index (κ2) is 3.74. The monoisotopic (exact) mass is 306 g/mol. The third kappa shape index (κ3) is 1.48. The lowest BCUT2D eigenvalue weighted by molar-refractivity contribution is 0.401. The van der Waals surface area contributed by atoms with E-state index in [0.29, 0.717) is 11.0 Å². The summed E-state index contributed by atoms with van der Waals surface area (Å²) in [5, 5.41) is 19.8. The Hall–Kier alpha value is -2.01. The van der Waals surface area contributed by atoms with Gasteiger partial charge in [-0.05, 0) is 30.3 Å². The van der Waals surface area contributed by atoms with E-state index in [1.165, 1.54) is 12.1 Å². The van der Waals surface area contributed by atoms with Gasteiger partial charge >= 0.3 is 0 Å². The Labute approximate surface area is 109 Å². The van der Waals surface area contributed by atoms with Gasteiger partial charge in [0, 0.05) is 4.47 Å². The summed E-state index contributed by atoms with van der Waals surface area (Å²) in [5.41, 5.74) is 0.106. The Morgan fingerprint density at radius 1 is 1.06 bits per heavy atom. The predicted molar refractivity (Wildman–Crippen MR) is 71.0 cm³/mol. The second-order valence-corrected chi connectivity index (χ2v) is 4.80. The van der Waals surface area contributed by atoms with Gasteiger partial charge in [0.1, 0.15) is 5.58 Å². The van der Waals surface area contributed by atoms with Crippen molar-refractivity contribution in [3.8, 4) is 11.5 Å². The molecular formula is C13H7BrO4. The fourth-order valence-corrected chi connectivity index (χ4v) is 2.23. The van der Waals surface area contributed by atoms with Crippen LogP contribution in [0.3, 0.4) is 0 Å². The van der Waals surface area contributed by atoms with E-state index < -0.39 is 5.75 Å². The normalized spacial score (nSPS) is 11.2. The molecule has 90 valence electrons. The molecule has 0 radical (unpaired) electrons. The molecule has 18 heavy (non-hydrogen) atoms. The van der Waals surface area contributed by atoms with Crippen molar-refractivity contribution >= 4 is 37.9 Å². The molecule has 1 heterocycles. The van der Waals surface area contributed by atoms with Crippen molar-refractivity contribution in [2.45, 2.75) is 0 Å². The molecule has 0 saturated heterocycles. The van der Waals surface area contributed by atoms with Gasteiger partial charge in [-0.2, -0.15) is 0 Å². The molecule has 0 fully saturated rings. The van der Waals surface area contributed by atoms with Crippen LogP contribution in [-0.4, -0.2) is 10.2 Å². The maximum Gasteiger partial charge on any atom is 0.201 e. The molecule has 0 bridgehead atoms. The van der Waals surface area contributed by atoms with Crippen molar-refractivity contribution in [3.05, 3.63) is 45.0 Å². The van der Waals surface area contributed by atoms with Gasteiger partial charge in [0.2, 0.25) is 11.2 Å². The third-order valence-corrected chi connectivity index (χ3v) is 3.25. The van der Waals surface area contributed by atoms with Gasteiger partial charge in [-0.3, -0.25) is 4.79 Å². The fourth-order valence-electron chi connectivity index (χ4n) is 1.87. The zero-order valence-corrected chi connectivity index (χ0v) is 10.6. The molecule has 0 saturated carbocycles. The van der Waals surface area contributed by atoms with Crippen LogP contribution in [0.15, 0.2) is 44.0 Å². The molecule has 2 N–H and O–H groups in total. The molecule has 0 aliphatic carbocycles. The summed E-state index contributed by atoms with van der Waals surface area (Å²) in [6, 6.07) is 7.71. The van der Waals surface area contributed by atoms with Crippen LogP contribution in [0.5, 0.6) is 11.5 Å². The van der Waals surface area contributed by atoms with Crippen LogP contribution in [0.2, 0.25) is 0 Å². The summed E-state index contributed by atoms with van der Waals surface area (Å²) in [6.45, 7) is 0. The van der Waals surface area contributed by atoms with E-state index in [-0.39, 0.29) is 22.1 Å². The number of rotatable bonds is 0. The summed E-state index contributed by atoms with van der Waals surface area (Å²) < 4.78 is 6.23. The summed E-state index contributed by atoms with van der Waals surface area (Å²) in [7, 11) is 0. The van der Waals surface area contributed by atoms with Crippen LogP contribution in [0, 0.1) is 0 Å². The van der Waals surface area contributed by atoms with E-state index in [0.717, 1.165) is 4.47 Å². The zero-order chi connectivity index (χ0) is 12.9. The van der Waals surface area contributed by atoms with Gasteiger partial charge in [0.05, 0.1) is 10.8 Å². The minimum Gasteiger partial charge on any atom is -0.504 e. The van der Waals surface area contributed by atoms with Crippen molar-refractivity contribution in [2.24, 2.45) is 0 Å². The van der Waals surface area contributed by atoms with Crippen molar-refractivity contribution < 1.29 is 14.6 Å². The molecule has 0 amide bonds. The average molecular weight is 307 g/mol. The number of hydrogen-bond donors (Lipinski definition) is 2. The first-order valence-electron chi connectivity index (χ1n) is 5.15. The highest BCUT2D eigenvalue weighted by molar-refractivity contribution is 9.10. The average Bonchev–Trinajstić information content (AvgIpc) is 2.36. The van der Waals surface area contributed by atoms with E-state index in [1.54, 1.807) is 18.2 Å². The highest BCUT2D eigenvalue weighted by Gasteiger charge is 2.13. The molecule has 4 nitrogen and oxygen atoms in total. The van der Waals surface area contributed by atoms with Crippen LogP contribution in [0.25, 0.3) is 21.9 Å². The van der Waals surface area contributed by atoms with Gasteiger partial charge in [-0.1, -0.05) is 15.9 Å². The number of fused-ring (bicyclic) bond motifs is 2. The zero-order valence-electron chi connectivity index (χ0n) is 8.98. The van der Waals surface area contributed by atoms with Crippen molar-refractivity contribution in [1.29, 1.82) is 0 Å². The van der Waals surface area contributed by atoms with Gasteiger partial charge in [0.25, 0.3) is 0 Å². The maximum absolute atomic E-state index is 12.2. The highest BCUT2D eigenvalue weighted by atomic mass is 79.9. The molecular weight excluding hydrogens is 300 g/mol. The number of phenolic OH excluding ortho intramolecular Hbond substituents is 2. The lowest BCUT2D eigenvalue weighted by atomic mass is 10.1. The minimum atomic E-state index is -0.422. The number of halogens is 1. The molecule has 3 aromatic rings. The van der Waals surface area contributed by atoms with Crippen molar-refractivity contribution in [2.75, 3.05) is 0 Å². The lowest BCUT2D eigenvalue weighted by Crippen LogP contribution is -2.01. The molecule has 0 unspecified atom stereocenters. The minimum absolute atomic E-state index is 0.00479. The van der Waals surface area contributed by atoms with Crippen molar-refractivity contribution in [1.82, 2.24) is 0 Å². The summed E-state index contributed by atoms with van der Waals surface area (Å²) in [5.74, 6) is -0.739. The molecule has 3 rings (SSSR count). The fraction of sp³-hybridized carbons (Fsp3) is 0. The van der Waals surface area contributed by atoms with Crippen LogP contribution in [-0.2, 0) is 0 Å². The molecule has 0 aliphatic rings. The predicted octanol–water partition coefficient (Wildman–Crippen LogP) is 3.12. The number of phenols is 2. The molecule has 1 aromatic heterocycles. The van der Waals surface area contributed by atoms with E-state index in [4.69, 9.17) is 4.42 Å². The van der Waals surface area contributed by atoms with Crippen LogP contribution >= 0.6 is 15.9 Å². The van der Waals surface area contributed by atoms with Gasteiger partial charge < -0.3 is 14.6 Å². The summed E-state index contributed by atoms with van der Waals surface area (Å²) in [6.07, 6.45) is 0. The first-order valence-corrected chi connectivity index (χ1v) is 5.94. The standard InChI is InChI=1S/C13H7BrO4/c14-6-1-4-10-8(5-6)11(16)7-2-3-9(15)12(17)13(7)18-10/h1-5,15,17H. The Morgan fingerprint density at radius 3 is 2.61 bits per heavy atom. The topological polar surface area (TPSA) is 70.7 Å².